The number of anilines is 2. The van der Waals surface area contributed by atoms with Gasteiger partial charge in [0.1, 0.15) is 0 Å². The summed E-state index contributed by atoms with van der Waals surface area (Å²) < 4.78 is 1.16. The van der Waals surface area contributed by atoms with E-state index in [1.807, 2.05) is 35.5 Å². The van der Waals surface area contributed by atoms with Crippen LogP contribution in [0.2, 0.25) is 0 Å². The number of piperidine rings is 1. The third kappa shape index (κ3) is 5.27. The molecule has 0 bridgehead atoms. The van der Waals surface area contributed by atoms with Crippen molar-refractivity contribution in [2.24, 2.45) is 0 Å². The van der Waals surface area contributed by atoms with Gasteiger partial charge in [-0.3, -0.25) is 9.78 Å². The normalized spacial score (nSPS) is 16.6. The first-order valence-electron chi connectivity index (χ1n) is 9.57. The molecule has 3 aromatic rings. The summed E-state index contributed by atoms with van der Waals surface area (Å²) in [6, 6.07) is 13.3. The predicted octanol–water partition coefficient (Wildman–Crippen LogP) is 4.13. The summed E-state index contributed by atoms with van der Waals surface area (Å²) in [5.74, 6) is 0.887. The topological polar surface area (TPSA) is 84.1 Å². The van der Waals surface area contributed by atoms with Gasteiger partial charge in [0.05, 0.1) is 16.1 Å². The monoisotopic (exact) mass is 425 g/mol. The number of hydrogen-bond donors (Lipinski definition) is 2. The van der Waals surface area contributed by atoms with Gasteiger partial charge in [-0.05, 0) is 49.2 Å². The quantitative estimate of drug-likeness (QED) is 0.456. The number of benzene rings is 1. The zero-order valence-electron chi connectivity index (χ0n) is 16.0. The summed E-state index contributed by atoms with van der Waals surface area (Å²) >= 11 is 3.39. The van der Waals surface area contributed by atoms with Crippen LogP contribution in [-0.4, -0.2) is 39.9 Å². The fraction of sp³-hybridized carbons (Fsp3) is 0.286. The molecule has 0 unspecified atom stereocenters. The van der Waals surface area contributed by atoms with Gasteiger partial charge in [-0.15, -0.1) is 11.8 Å². The van der Waals surface area contributed by atoms with E-state index in [1.165, 1.54) is 0 Å². The third-order valence-electron chi connectivity index (χ3n) is 4.77. The summed E-state index contributed by atoms with van der Waals surface area (Å²) in [4.78, 5) is 23.5. The summed E-state index contributed by atoms with van der Waals surface area (Å²) in [6.07, 6.45) is 5.73. The van der Waals surface area contributed by atoms with E-state index in [4.69, 9.17) is 5.73 Å². The molecule has 3 N–H and O–H groups in total. The lowest BCUT2D eigenvalue weighted by Crippen LogP contribution is -2.45. The molecule has 2 aromatic heterocycles. The van der Waals surface area contributed by atoms with Gasteiger partial charge in [0.25, 0.3) is 5.91 Å². The molecule has 0 spiro atoms. The molecule has 1 saturated heterocycles. The van der Waals surface area contributed by atoms with Gasteiger partial charge in [0.2, 0.25) is 0 Å². The van der Waals surface area contributed by atoms with E-state index in [2.05, 4.69) is 15.3 Å². The molecular formula is C21H23N5OS2. The Bertz CT molecular complexity index is 945. The van der Waals surface area contributed by atoms with Crippen LogP contribution in [0.25, 0.3) is 0 Å². The first-order chi connectivity index (χ1) is 14.2. The first kappa shape index (κ1) is 19.7. The van der Waals surface area contributed by atoms with Crippen molar-refractivity contribution in [3.8, 4) is 0 Å². The second-order valence-electron chi connectivity index (χ2n) is 6.95. The number of carbonyl (C=O) groups is 1. The maximum absolute atomic E-state index is 12.8. The number of amides is 1. The zero-order valence-corrected chi connectivity index (χ0v) is 17.6. The molecule has 6 nitrogen and oxygen atoms in total. The Labute approximate surface area is 178 Å². The van der Waals surface area contributed by atoms with Gasteiger partial charge in [0, 0.05) is 42.3 Å². The molecule has 150 valence electrons. The summed E-state index contributed by atoms with van der Waals surface area (Å²) in [5.41, 5.74) is 8.13. The summed E-state index contributed by atoms with van der Waals surface area (Å²) in [6.45, 7) is 1.46. The highest BCUT2D eigenvalue weighted by Gasteiger charge is 2.25. The Balaban J connectivity index is 1.32. The molecule has 1 amide bonds. The van der Waals surface area contributed by atoms with Crippen LogP contribution in [0, 0.1) is 0 Å². The van der Waals surface area contributed by atoms with E-state index >= 15 is 0 Å². The molecule has 0 aliphatic carbocycles. The van der Waals surface area contributed by atoms with Gasteiger partial charge in [-0.2, -0.15) is 0 Å². The highest BCUT2D eigenvalue weighted by Crippen LogP contribution is 2.31. The minimum atomic E-state index is 0.0576. The van der Waals surface area contributed by atoms with Crippen LogP contribution in [0.1, 0.15) is 28.9 Å². The first-order valence-corrected chi connectivity index (χ1v) is 11.4. The van der Waals surface area contributed by atoms with E-state index in [9.17, 15) is 4.79 Å². The molecule has 1 aliphatic rings. The average molecular weight is 426 g/mol. The van der Waals surface area contributed by atoms with E-state index < -0.39 is 0 Å². The minimum Gasteiger partial charge on any atom is -0.399 e. The Kier molecular flexibility index (Phi) is 6.31. The van der Waals surface area contributed by atoms with E-state index in [0.717, 1.165) is 40.2 Å². The Morgan fingerprint density at radius 1 is 1.24 bits per heavy atom. The van der Waals surface area contributed by atoms with Gasteiger partial charge >= 0.3 is 0 Å². The molecule has 0 saturated carbocycles. The number of aromatic nitrogens is 2. The maximum Gasteiger partial charge on any atom is 0.253 e. The molecule has 3 heterocycles. The summed E-state index contributed by atoms with van der Waals surface area (Å²) in [7, 11) is 0. The van der Waals surface area contributed by atoms with E-state index in [0.29, 0.717) is 17.8 Å². The number of rotatable bonds is 6. The number of thiazole rings is 1. The zero-order chi connectivity index (χ0) is 20.1. The van der Waals surface area contributed by atoms with Crippen LogP contribution in [-0.2, 0) is 5.75 Å². The average Bonchev–Trinajstić information content (AvgIpc) is 3.20. The second-order valence-corrected chi connectivity index (χ2v) is 9.26. The minimum absolute atomic E-state index is 0.0576. The number of likely N-dealkylation sites (tertiary alicyclic amines) is 1. The molecule has 4 rings (SSSR count). The highest BCUT2D eigenvalue weighted by molar-refractivity contribution is 8.00. The van der Waals surface area contributed by atoms with Crippen molar-refractivity contribution >= 4 is 39.8 Å². The predicted molar refractivity (Wildman–Crippen MR) is 119 cm³/mol. The van der Waals surface area contributed by atoms with Crippen molar-refractivity contribution in [3.63, 3.8) is 0 Å². The number of nitrogens with zero attached hydrogens (tertiary/aromatic N) is 3. The molecule has 1 aromatic carbocycles. The van der Waals surface area contributed by atoms with E-state index in [-0.39, 0.29) is 11.9 Å². The Morgan fingerprint density at radius 2 is 2.10 bits per heavy atom. The number of pyridine rings is 1. The van der Waals surface area contributed by atoms with Crippen molar-refractivity contribution < 1.29 is 4.79 Å². The van der Waals surface area contributed by atoms with Gasteiger partial charge < -0.3 is 16.0 Å². The third-order valence-corrected chi connectivity index (χ3v) is 6.92. The number of carbonyl (C=O) groups excluding carboxylic acids is 1. The fourth-order valence-electron chi connectivity index (χ4n) is 3.28. The van der Waals surface area contributed by atoms with Gasteiger partial charge in [0.15, 0.2) is 5.13 Å². The summed E-state index contributed by atoms with van der Waals surface area (Å²) in [5, 5.41) is 4.41. The standard InChI is InChI=1S/C21H23N5OS2/c22-16-8-6-15(7-9-16)20(27)26-11-3-5-17(13-26)25-21-24-12-19(29-21)28-14-18-4-1-2-10-23-18/h1-2,4,6-10,12,17H,3,5,11,13-14,22H2,(H,24,25)/t17-/m1/s1. The lowest BCUT2D eigenvalue weighted by atomic mass is 10.0. The maximum atomic E-state index is 12.8. The number of nitrogen functional groups attached to an aromatic ring is 1. The molecular weight excluding hydrogens is 402 g/mol. The van der Waals surface area contributed by atoms with Crippen molar-refractivity contribution in [1.82, 2.24) is 14.9 Å². The number of hydrogen-bond acceptors (Lipinski definition) is 7. The van der Waals surface area contributed by atoms with Crippen LogP contribution in [0.15, 0.2) is 59.1 Å². The number of nitrogens with one attached hydrogen (secondary N) is 1. The van der Waals surface area contributed by atoms with Crippen LogP contribution >= 0.6 is 23.1 Å². The molecule has 29 heavy (non-hydrogen) atoms. The molecule has 0 radical (unpaired) electrons. The van der Waals surface area contributed by atoms with Gasteiger partial charge in [-0.25, -0.2) is 4.98 Å². The molecule has 1 fully saturated rings. The Morgan fingerprint density at radius 3 is 2.90 bits per heavy atom. The van der Waals surface area contributed by atoms with Crippen molar-refractivity contribution in [3.05, 3.63) is 66.1 Å². The molecule has 1 aliphatic heterocycles. The lowest BCUT2D eigenvalue weighted by molar-refractivity contribution is 0.0715. The SMILES string of the molecule is Nc1ccc(C(=O)N2CCC[C@@H](Nc3ncc(SCc4ccccn4)s3)C2)cc1. The van der Waals surface area contributed by atoms with Crippen molar-refractivity contribution in [2.75, 3.05) is 24.1 Å². The smallest absolute Gasteiger partial charge is 0.253 e. The number of thioether (sulfide) groups is 1. The van der Waals surface area contributed by atoms with Crippen LogP contribution < -0.4 is 11.1 Å². The largest absolute Gasteiger partial charge is 0.399 e. The lowest BCUT2D eigenvalue weighted by Gasteiger charge is -2.33. The van der Waals surface area contributed by atoms with Crippen LogP contribution in [0.5, 0.6) is 0 Å². The molecule has 8 heteroatoms. The second kappa shape index (κ2) is 9.28. The fourth-order valence-corrected chi connectivity index (χ4v) is 5.15. The van der Waals surface area contributed by atoms with Crippen molar-refractivity contribution in [2.45, 2.75) is 28.8 Å². The van der Waals surface area contributed by atoms with E-state index in [1.54, 1.807) is 47.4 Å². The van der Waals surface area contributed by atoms with Crippen molar-refractivity contribution in [1.29, 1.82) is 0 Å². The van der Waals surface area contributed by atoms with Crippen LogP contribution in [0.4, 0.5) is 10.8 Å². The molecule has 1 atom stereocenters. The number of nitrogens with two attached hydrogens (primary N) is 1. The Hall–Kier alpha value is -2.58. The highest BCUT2D eigenvalue weighted by atomic mass is 32.2. The van der Waals surface area contributed by atoms with Gasteiger partial charge in [-0.1, -0.05) is 17.4 Å². The van der Waals surface area contributed by atoms with Crippen LogP contribution in [0.3, 0.4) is 0 Å².